The van der Waals surface area contributed by atoms with E-state index in [1.165, 1.54) is 41.8 Å². The van der Waals surface area contributed by atoms with Crippen molar-refractivity contribution in [2.24, 2.45) is 0 Å². The molecular formula is C24H25F3N2O5S. The van der Waals surface area contributed by atoms with Crippen LogP contribution < -0.4 is 10.1 Å². The number of aryl methyl sites for hydroxylation is 1. The smallest absolute Gasteiger partial charge is 0.387 e. The van der Waals surface area contributed by atoms with E-state index in [1.54, 1.807) is 13.8 Å². The van der Waals surface area contributed by atoms with Gasteiger partial charge in [-0.15, -0.1) is 0 Å². The van der Waals surface area contributed by atoms with Gasteiger partial charge in [0.2, 0.25) is 0 Å². The Bertz CT molecular complexity index is 1370. The number of alkyl halides is 2. The third-order valence-electron chi connectivity index (χ3n) is 5.28. The number of carbonyl (C=O) groups is 1. The summed E-state index contributed by atoms with van der Waals surface area (Å²) < 4.78 is 69.3. The maximum atomic E-state index is 13.8. The number of aromatic nitrogens is 1. The van der Waals surface area contributed by atoms with Crippen molar-refractivity contribution >= 4 is 21.4 Å². The van der Waals surface area contributed by atoms with E-state index < -0.39 is 40.0 Å². The van der Waals surface area contributed by atoms with E-state index in [-0.39, 0.29) is 22.6 Å². The molecule has 0 aliphatic rings. The highest BCUT2D eigenvalue weighted by atomic mass is 32.2. The van der Waals surface area contributed by atoms with Crippen molar-refractivity contribution < 1.29 is 36.2 Å². The number of nitrogens with zero attached hydrogens (tertiary/aromatic N) is 1. The molecule has 0 radical (unpaired) electrons. The lowest BCUT2D eigenvalue weighted by molar-refractivity contribution is -0.0500. The zero-order chi connectivity index (χ0) is 26.1. The molecule has 1 atom stereocenters. The number of rotatable bonds is 8. The zero-order valence-corrected chi connectivity index (χ0v) is 20.3. The van der Waals surface area contributed by atoms with Gasteiger partial charge in [-0.2, -0.15) is 8.78 Å². The first kappa shape index (κ1) is 26.3. The molecule has 0 aliphatic heterocycles. The predicted octanol–water partition coefficient (Wildman–Crippen LogP) is 4.41. The van der Waals surface area contributed by atoms with Crippen LogP contribution in [0.2, 0.25) is 0 Å². The number of carbonyl (C=O) groups excluding carboxylic acids is 1. The van der Waals surface area contributed by atoms with Crippen molar-refractivity contribution in [2.75, 3.05) is 11.6 Å². The first-order valence-electron chi connectivity index (χ1n) is 10.5. The molecule has 1 heterocycles. The minimum atomic E-state index is -3.43. The van der Waals surface area contributed by atoms with Crippen LogP contribution >= 0.6 is 0 Å². The van der Waals surface area contributed by atoms with Crippen LogP contribution in [0.5, 0.6) is 5.75 Å². The van der Waals surface area contributed by atoms with Crippen molar-refractivity contribution in [1.82, 2.24) is 4.57 Å². The van der Waals surface area contributed by atoms with Gasteiger partial charge in [-0.1, -0.05) is 0 Å². The zero-order valence-electron chi connectivity index (χ0n) is 19.5. The summed E-state index contributed by atoms with van der Waals surface area (Å²) in [7, 11) is -3.43. The molecule has 1 aromatic heterocycles. The molecular weight excluding hydrogens is 485 g/mol. The molecule has 35 heavy (non-hydrogen) atoms. The van der Waals surface area contributed by atoms with Gasteiger partial charge in [0.25, 0.3) is 5.91 Å². The van der Waals surface area contributed by atoms with Crippen molar-refractivity contribution in [3.63, 3.8) is 0 Å². The number of benzene rings is 2. The average molecular weight is 511 g/mol. The van der Waals surface area contributed by atoms with Gasteiger partial charge in [-0.3, -0.25) is 4.79 Å². The van der Waals surface area contributed by atoms with E-state index in [1.807, 2.05) is 0 Å². The molecule has 0 fully saturated rings. The summed E-state index contributed by atoms with van der Waals surface area (Å²) in [4.78, 5) is 13.2. The Morgan fingerprint density at radius 2 is 1.83 bits per heavy atom. The highest BCUT2D eigenvalue weighted by Gasteiger charge is 2.23. The average Bonchev–Trinajstić information content (AvgIpc) is 3.02. The standard InChI is InChI=1S/C24H25F3N2O5S/c1-13-9-17(6-8-22(13)35(4,32)33)28-23(31)19-12-18(10-14(2)30)29(15(19)3)20-7-5-16(25)11-21(20)34-24(26)27/h5-9,11-12,14,24,30H,10H2,1-4H3,(H,28,31)/t14-/m0/s1. The first-order chi connectivity index (χ1) is 16.3. The third-order valence-corrected chi connectivity index (χ3v) is 6.54. The van der Waals surface area contributed by atoms with E-state index in [4.69, 9.17) is 0 Å². The van der Waals surface area contributed by atoms with Crippen LogP contribution in [-0.2, 0) is 16.3 Å². The highest BCUT2D eigenvalue weighted by Crippen LogP contribution is 2.31. The lowest BCUT2D eigenvalue weighted by Crippen LogP contribution is -2.14. The topological polar surface area (TPSA) is 97.6 Å². The molecule has 0 aliphatic carbocycles. The normalized spacial score (nSPS) is 12.6. The minimum absolute atomic E-state index is 0.0712. The van der Waals surface area contributed by atoms with Crippen LogP contribution in [0.25, 0.3) is 5.69 Å². The van der Waals surface area contributed by atoms with Gasteiger partial charge < -0.3 is 19.7 Å². The third kappa shape index (κ3) is 6.04. The summed E-state index contributed by atoms with van der Waals surface area (Å²) in [5.74, 6) is -1.75. The van der Waals surface area contributed by atoms with E-state index >= 15 is 0 Å². The fraction of sp³-hybridized carbons (Fsp3) is 0.292. The molecule has 2 aromatic carbocycles. The van der Waals surface area contributed by atoms with Gasteiger partial charge in [0.05, 0.1) is 22.3 Å². The summed E-state index contributed by atoms with van der Waals surface area (Å²) in [5, 5.41) is 12.7. The molecule has 3 aromatic rings. The van der Waals surface area contributed by atoms with Gasteiger partial charge in [0.15, 0.2) is 15.6 Å². The molecule has 0 unspecified atom stereocenters. The van der Waals surface area contributed by atoms with Gasteiger partial charge >= 0.3 is 6.61 Å². The number of hydrogen-bond acceptors (Lipinski definition) is 5. The molecule has 11 heteroatoms. The van der Waals surface area contributed by atoms with E-state index in [0.717, 1.165) is 18.4 Å². The van der Waals surface area contributed by atoms with Crippen LogP contribution in [0.3, 0.4) is 0 Å². The predicted molar refractivity (Wildman–Crippen MR) is 125 cm³/mol. The van der Waals surface area contributed by atoms with Gasteiger partial charge in [0.1, 0.15) is 5.82 Å². The lowest BCUT2D eigenvalue weighted by Gasteiger charge is -2.17. The first-order valence-corrected chi connectivity index (χ1v) is 12.4. The van der Waals surface area contributed by atoms with Crippen LogP contribution in [0.4, 0.5) is 18.9 Å². The maximum absolute atomic E-state index is 13.8. The highest BCUT2D eigenvalue weighted by molar-refractivity contribution is 7.90. The van der Waals surface area contributed by atoms with E-state index in [9.17, 15) is 31.5 Å². The van der Waals surface area contributed by atoms with Crippen molar-refractivity contribution in [2.45, 2.75) is 44.8 Å². The second-order valence-electron chi connectivity index (χ2n) is 8.22. The Balaban J connectivity index is 2.06. The number of aliphatic hydroxyl groups is 1. The number of ether oxygens (including phenoxy) is 1. The molecule has 2 N–H and O–H groups in total. The number of halogens is 3. The molecule has 0 saturated carbocycles. The molecule has 3 rings (SSSR count). The Hall–Kier alpha value is -3.31. The summed E-state index contributed by atoms with van der Waals surface area (Å²) in [5.41, 5.74) is 1.82. The Morgan fingerprint density at radius 1 is 1.14 bits per heavy atom. The second kappa shape index (κ2) is 10.1. The monoisotopic (exact) mass is 510 g/mol. The van der Waals surface area contributed by atoms with Crippen LogP contribution in [0, 0.1) is 19.7 Å². The number of nitrogens with one attached hydrogen (secondary N) is 1. The molecule has 0 bridgehead atoms. The number of hydrogen-bond donors (Lipinski definition) is 2. The Labute approximate surface area is 201 Å². The van der Waals surface area contributed by atoms with E-state index in [2.05, 4.69) is 10.1 Å². The second-order valence-corrected chi connectivity index (χ2v) is 10.2. The van der Waals surface area contributed by atoms with Crippen LogP contribution in [0.15, 0.2) is 47.4 Å². The fourth-order valence-electron chi connectivity index (χ4n) is 3.89. The van der Waals surface area contributed by atoms with Gasteiger partial charge in [-0.25, -0.2) is 12.8 Å². The van der Waals surface area contributed by atoms with Crippen molar-refractivity contribution in [3.8, 4) is 11.4 Å². The van der Waals surface area contributed by atoms with E-state index in [0.29, 0.717) is 22.6 Å². The molecule has 7 nitrogen and oxygen atoms in total. The summed E-state index contributed by atoms with van der Waals surface area (Å²) >= 11 is 0. The van der Waals surface area contributed by atoms with Gasteiger partial charge in [-0.05, 0) is 62.7 Å². The Morgan fingerprint density at radius 3 is 2.40 bits per heavy atom. The number of amides is 1. The number of sulfone groups is 1. The van der Waals surface area contributed by atoms with Crippen LogP contribution in [-0.4, -0.2) is 43.0 Å². The molecule has 0 saturated heterocycles. The molecule has 0 spiro atoms. The summed E-state index contributed by atoms with van der Waals surface area (Å²) in [6.07, 6.45) is 0.331. The SMILES string of the molecule is Cc1cc(NC(=O)c2cc(C[C@H](C)O)n(-c3ccc(F)cc3OC(F)F)c2C)ccc1S(C)(=O)=O. The van der Waals surface area contributed by atoms with Gasteiger partial charge in [0, 0.05) is 35.8 Å². The van der Waals surface area contributed by atoms with Crippen LogP contribution in [0.1, 0.15) is 34.2 Å². The number of aliphatic hydroxyl groups excluding tert-OH is 1. The van der Waals surface area contributed by atoms with Crippen molar-refractivity contribution in [3.05, 3.63) is 70.8 Å². The summed E-state index contributed by atoms with van der Waals surface area (Å²) in [6.45, 7) is 1.51. The minimum Gasteiger partial charge on any atom is -0.432 e. The lowest BCUT2D eigenvalue weighted by atomic mass is 10.1. The quantitative estimate of drug-likeness (QED) is 0.468. The molecule has 1 amide bonds. The Kier molecular flexibility index (Phi) is 7.61. The molecule has 188 valence electrons. The maximum Gasteiger partial charge on any atom is 0.387 e. The number of anilines is 1. The fourth-order valence-corrected chi connectivity index (χ4v) is 4.85. The summed E-state index contributed by atoms with van der Waals surface area (Å²) in [6, 6.07) is 9.02. The van der Waals surface area contributed by atoms with Crippen molar-refractivity contribution in [1.29, 1.82) is 0 Å². The largest absolute Gasteiger partial charge is 0.432 e.